The van der Waals surface area contributed by atoms with Gasteiger partial charge in [0.05, 0.1) is 16.3 Å². The van der Waals surface area contributed by atoms with Crippen molar-refractivity contribution in [1.82, 2.24) is 9.78 Å². The Morgan fingerprint density at radius 1 is 1.20 bits per heavy atom. The smallest absolute Gasteiger partial charge is 0.276 e. The highest BCUT2D eigenvalue weighted by Gasteiger charge is 2.17. The minimum absolute atomic E-state index is 0.0432. The van der Waals surface area contributed by atoms with E-state index in [2.05, 4.69) is 10.4 Å². The Hall–Kier alpha value is -3.47. The molecule has 0 saturated heterocycles. The molecule has 0 fully saturated rings. The Morgan fingerprint density at radius 2 is 1.97 bits per heavy atom. The lowest BCUT2D eigenvalue weighted by atomic mass is 10.3. The number of carbonyl (C=O) groups is 1. The number of carbonyl (C=O) groups excluding carboxylic acids is 1. The highest BCUT2D eigenvalue weighted by Crippen LogP contribution is 2.27. The topological polar surface area (TPSA) is 111 Å². The van der Waals surface area contributed by atoms with E-state index in [4.69, 9.17) is 4.74 Å². The molecule has 0 bridgehead atoms. The second-order valence-electron chi connectivity index (χ2n) is 6.13. The maximum atomic E-state index is 13.6. The van der Waals surface area contributed by atoms with E-state index in [9.17, 15) is 27.1 Å². The van der Waals surface area contributed by atoms with Crippen LogP contribution in [0.3, 0.4) is 0 Å². The summed E-state index contributed by atoms with van der Waals surface area (Å²) in [5, 5.41) is 16.3. The van der Waals surface area contributed by atoms with Gasteiger partial charge in [0.1, 0.15) is 11.6 Å². The number of nitrogens with one attached hydrogen (secondary N) is 1. The molecule has 1 aromatic heterocycles. The fourth-order valence-corrected chi connectivity index (χ4v) is 3.35. The first-order valence-corrected chi connectivity index (χ1v) is 10.3. The summed E-state index contributed by atoms with van der Waals surface area (Å²) >= 11 is 0. The lowest BCUT2D eigenvalue weighted by Gasteiger charge is -2.09. The third kappa shape index (κ3) is 4.74. The number of benzene rings is 2. The number of rotatable bonds is 7. The quantitative estimate of drug-likeness (QED) is 0.550. The minimum atomic E-state index is -3.53. The molecule has 0 radical (unpaired) electrons. The predicted molar refractivity (Wildman–Crippen MR) is 103 cm³/mol. The van der Waals surface area contributed by atoms with Gasteiger partial charge in [0.25, 0.3) is 5.91 Å². The van der Waals surface area contributed by atoms with Gasteiger partial charge in [0.2, 0.25) is 0 Å². The van der Waals surface area contributed by atoms with Gasteiger partial charge >= 0.3 is 0 Å². The second kappa shape index (κ2) is 8.49. The molecule has 0 aliphatic heterocycles. The normalized spacial score (nSPS) is 11.3. The molecule has 2 N–H and O–H groups in total. The summed E-state index contributed by atoms with van der Waals surface area (Å²) in [6.45, 7) is 1.23. The van der Waals surface area contributed by atoms with Gasteiger partial charge in [0, 0.05) is 12.3 Å². The van der Waals surface area contributed by atoms with Crippen molar-refractivity contribution in [2.45, 2.75) is 18.6 Å². The number of nitrogens with zero attached hydrogens (tertiary/aromatic N) is 2. The first-order valence-electron chi connectivity index (χ1n) is 8.68. The Labute approximate surface area is 170 Å². The molecule has 0 saturated carbocycles. The van der Waals surface area contributed by atoms with Crippen molar-refractivity contribution in [1.29, 1.82) is 0 Å². The molecule has 1 heterocycles. The van der Waals surface area contributed by atoms with Crippen LogP contribution in [-0.4, -0.2) is 35.0 Å². The van der Waals surface area contributed by atoms with E-state index in [0.29, 0.717) is 6.07 Å². The van der Waals surface area contributed by atoms with Crippen molar-refractivity contribution in [3.63, 3.8) is 0 Å². The van der Waals surface area contributed by atoms with Crippen molar-refractivity contribution in [2.24, 2.45) is 0 Å². The molecule has 2 aromatic carbocycles. The van der Waals surface area contributed by atoms with Crippen LogP contribution in [0.1, 0.15) is 17.4 Å². The fourth-order valence-electron chi connectivity index (χ4n) is 2.44. The number of anilines is 1. The van der Waals surface area contributed by atoms with Gasteiger partial charge in [-0.3, -0.25) is 4.79 Å². The van der Waals surface area contributed by atoms with Crippen molar-refractivity contribution < 1.29 is 31.8 Å². The minimum Gasteiger partial charge on any atom is -0.506 e. The molecule has 30 heavy (non-hydrogen) atoms. The molecular formula is C19H17F2N3O5S. The molecule has 0 aliphatic carbocycles. The lowest BCUT2D eigenvalue weighted by Crippen LogP contribution is -2.15. The first kappa shape index (κ1) is 21.2. The number of aromatic nitrogens is 2. The molecule has 158 valence electrons. The summed E-state index contributed by atoms with van der Waals surface area (Å²) in [5.74, 6) is -2.95. The number of amides is 1. The fraction of sp³-hybridized carbons (Fsp3) is 0.158. The molecule has 0 spiro atoms. The molecule has 11 heteroatoms. The zero-order valence-corrected chi connectivity index (χ0v) is 16.5. The van der Waals surface area contributed by atoms with Crippen molar-refractivity contribution >= 4 is 21.4 Å². The highest BCUT2D eigenvalue weighted by atomic mass is 32.2. The first-order chi connectivity index (χ1) is 14.2. The molecule has 1 amide bonds. The number of sulfone groups is 1. The Balaban J connectivity index is 1.70. The molecule has 3 rings (SSSR count). The van der Waals surface area contributed by atoms with Crippen LogP contribution in [0.15, 0.2) is 53.6 Å². The molecular weight excluding hydrogens is 420 g/mol. The average Bonchev–Trinajstić information content (AvgIpc) is 3.18. The third-order valence-electron chi connectivity index (χ3n) is 4.07. The third-order valence-corrected chi connectivity index (χ3v) is 5.81. The Kier molecular flexibility index (Phi) is 6.01. The van der Waals surface area contributed by atoms with E-state index < -0.39 is 27.4 Å². The van der Waals surface area contributed by atoms with Gasteiger partial charge in [-0.25, -0.2) is 21.9 Å². The summed E-state index contributed by atoms with van der Waals surface area (Å²) < 4.78 is 56.9. The zero-order valence-electron chi connectivity index (χ0n) is 15.7. The van der Waals surface area contributed by atoms with E-state index in [-0.39, 0.29) is 40.3 Å². The van der Waals surface area contributed by atoms with Crippen LogP contribution in [0.25, 0.3) is 0 Å². The average molecular weight is 437 g/mol. The van der Waals surface area contributed by atoms with Crippen LogP contribution < -0.4 is 10.1 Å². The number of hydrogen-bond donors (Lipinski definition) is 2. The summed E-state index contributed by atoms with van der Waals surface area (Å²) in [6, 6.07) is 7.76. The van der Waals surface area contributed by atoms with Gasteiger partial charge in [-0.05, 0) is 36.4 Å². The van der Waals surface area contributed by atoms with E-state index in [1.54, 1.807) is 0 Å². The highest BCUT2D eigenvalue weighted by molar-refractivity contribution is 7.91. The van der Waals surface area contributed by atoms with E-state index in [1.807, 2.05) is 0 Å². The van der Waals surface area contributed by atoms with Gasteiger partial charge in [-0.1, -0.05) is 6.92 Å². The molecule has 3 aromatic rings. The monoisotopic (exact) mass is 437 g/mol. The van der Waals surface area contributed by atoms with Gasteiger partial charge in [-0.15, -0.1) is 0 Å². The summed E-state index contributed by atoms with van der Waals surface area (Å²) in [5.41, 5.74) is -0.143. The number of ether oxygens (including phenoxy) is 1. The van der Waals surface area contributed by atoms with Gasteiger partial charge < -0.3 is 15.2 Å². The SMILES string of the molecule is CCS(=O)(=O)c1ccc(O)c(NC(=O)c2ccn(COc3ccc(F)cc3F)n2)c1. The number of phenols is 1. The number of phenolic OH excluding ortho intramolecular Hbond substituents is 1. The zero-order chi connectivity index (χ0) is 21.9. The lowest BCUT2D eigenvalue weighted by molar-refractivity contribution is 0.101. The van der Waals surface area contributed by atoms with Crippen LogP contribution in [0.5, 0.6) is 11.5 Å². The molecule has 0 aliphatic rings. The number of aromatic hydroxyl groups is 1. The van der Waals surface area contributed by atoms with Crippen molar-refractivity contribution in [2.75, 3.05) is 11.1 Å². The second-order valence-corrected chi connectivity index (χ2v) is 8.40. The Bertz CT molecular complexity index is 1190. The maximum absolute atomic E-state index is 13.6. The summed E-state index contributed by atoms with van der Waals surface area (Å²) in [6.07, 6.45) is 1.40. The van der Waals surface area contributed by atoms with Crippen LogP contribution >= 0.6 is 0 Å². The predicted octanol–water partition coefficient (Wildman–Crippen LogP) is 2.95. The summed E-state index contributed by atoms with van der Waals surface area (Å²) in [7, 11) is -3.53. The van der Waals surface area contributed by atoms with E-state index in [1.165, 1.54) is 36.0 Å². The van der Waals surface area contributed by atoms with Crippen LogP contribution in [0, 0.1) is 11.6 Å². The largest absolute Gasteiger partial charge is 0.506 e. The maximum Gasteiger partial charge on any atom is 0.276 e. The van der Waals surface area contributed by atoms with Crippen molar-refractivity contribution in [3.05, 3.63) is 66.0 Å². The molecule has 8 nitrogen and oxygen atoms in total. The summed E-state index contributed by atoms with van der Waals surface area (Å²) in [4.78, 5) is 12.3. The standard InChI is InChI=1S/C19H17F2N3O5S/c1-2-30(27,28)13-4-5-17(25)16(10-13)22-19(26)15-7-8-24(23-15)11-29-18-6-3-12(20)9-14(18)21/h3-10,25H,2,11H2,1H3,(H,22,26). The number of halogens is 2. The van der Waals surface area contributed by atoms with Gasteiger partial charge in [0.15, 0.2) is 33.8 Å². The van der Waals surface area contributed by atoms with E-state index >= 15 is 0 Å². The van der Waals surface area contributed by atoms with Gasteiger partial charge in [-0.2, -0.15) is 5.10 Å². The number of hydrogen-bond acceptors (Lipinski definition) is 6. The van der Waals surface area contributed by atoms with Crippen LogP contribution in [0.4, 0.5) is 14.5 Å². The molecule has 0 atom stereocenters. The van der Waals surface area contributed by atoms with Crippen LogP contribution in [0.2, 0.25) is 0 Å². The van der Waals surface area contributed by atoms with Crippen molar-refractivity contribution in [3.8, 4) is 11.5 Å². The molecule has 0 unspecified atom stereocenters. The van der Waals surface area contributed by atoms with Crippen LogP contribution in [-0.2, 0) is 16.6 Å². The Morgan fingerprint density at radius 3 is 2.67 bits per heavy atom. The van der Waals surface area contributed by atoms with E-state index in [0.717, 1.165) is 18.2 Å².